The van der Waals surface area contributed by atoms with Crippen LogP contribution in [0.1, 0.15) is 22.0 Å². The van der Waals surface area contributed by atoms with Crippen LogP contribution in [0.25, 0.3) is 0 Å². The van der Waals surface area contributed by atoms with Gasteiger partial charge in [0.05, 0.1) is 16.7 Å². The topological polar surface area (TPSA) is 39.4 Å². The predicted molar refractivity (Wildman–Crippen MR) is 65.4 cm³/mol. The normalized spacial score (nSPS) is 17.6. The van der Waals surface area contributed by atoms with Gasteiger partial charge in [-0.05, 0) is 28.1 Å². The summed E-state index contributed by atoms with van der Waals surface area (Å²) in [6, 6.07) is 9.32. The number of hydrogen-bond donors (Lipinski definition) is 0. The average molecular weight is 293 g/mol. The first-order valence-electron chi connectivity index (χ1n) is 5.26. The molecule has 2 heterocycles. The molecule has 3 rings (SSSR count). The van der Waals surface area contributed by atoms with E-state index < -0.39 is 0 Å². The molecular formula is C13H9BrO3. The van der Waals surface area contributed by atoms with Crippen molar-refractivity contribution in [2.24, 2.45) is 0 Å². The minimum Gasteiger partial charge on any atom is -0.492 e. The lowest BCUT2D eigenvalue weighted by Crippen LogP contribution is -2.14. The van der Waals surface area contributed by atoms with Gasteiger partial charge in [0.2, 0.25) is 5.78 Å². The Morgan fingerprint density at radius 1 is 1.29 bits per heavy atom. The van der Waals surface area contributed by atoms with E-state index in [4.69, 9.17) is 9.15 Å². The van der Waals surface area contributed by atoms with Crippen LogP contribution in [-0.4, -0.2) is 12.4 Å². The fourth-order valence-corrected chi connectivity index (χ4v) is 2.40. The summed E-state index contributed by atoms with van der Waals surface area (Å²) in [5.74, 6) is 0.823. The molecule has 0 amide bonds. The molecule has 2 aromatic rings. The van der Waals surface area contributed by atoms with Crippen molar-refractivity contribution in [2.75, 3.05) is 6.61 Å². The van der Waals surface area contributed by atoms with Crippen LogP contribution in [0.3, 0.4) is 0 Å². The Hall–Kier alpha value is -1.55. The highest BCUT2D eigenvalue weighted by atomic mass is 79.9. The molecule has 1 unspecified atom stereocenters. The third-order valence-corrected chi connectivity index (χ3v) is 3.48. The van der Waals surface area contributed by atoms with E-state index in [2.05, 4.69) is 15.9 Å². The van der Waals surface area contributed by atoms with E-state index in [9.17, 15) is 4.79 Å². The lowest BCUT2D eigenvalue weighted by molar-refractivity contribution is 0.0919. The summed E-state index contributed by atoms with van der Waals surface area (Å²) in [6.45, 7) is 0.380. The minimum atomic E-state index is -0.270. The van der Waals surface area contributed by atoms with Gasteiger partial charge in [0.15, 0.2) is 5.76 Å². The Balaban J connectivity index is 1.98. The summed E-state index contributed by atoms with van der Waals surface area (Å²) in [4.78, 5) is 12.3. The molecule has 0 saturated carbocycles. The van der Waals surface area contributed by atoms with Crippen LogP contribution in [0.2, 0.25) is 0 Å². The molecule has 1 aromatic heterocycles. The highest BCUT2D eigenvalue weighted by Gasteiger charge is 2.33. The number of carbonyl (C=O) groups excluding carboxylic acids is 1. The smallest absolute Gasteiger partial charge is 0.210 e. The van der Waals surface area contributed by atoms with Gasteiger partial charge >= 0.3 is 0 Å². The van der Waals surface area contributed by atoms with Gasteiger partial charge in [0, 0.05) is 5.56 Å². The van der Waals surface area contributed by atoms with Crippen molar-refractivity contribution in [1.82, 2.24) is 0 Å². The molecule has 1 aliphatic rings. The van der Waals surface area contributed by atoms with E-state index in [-0.39, 0.29) is 11.7 Å². The Bertz CT molecular complexity index is 574. The Labute approximate surface area is 107 Å². The van der Waals surface area contributed by atoms with Gasteiger partial charge in [-0.25, -0.2) is 0 Å². The van der Waals surface area contributed by atoms with Crippen molar-refractivity contribution in [3.05, 3.63) is 52.4 Å². The van der Waals surface area contributed by atoms with Crippen LogP contribution in [0.5, 0.6) is 5.75 Å². The predicted octanol–water partition coefficient (Wildman–Crippen LogP) is 3.40. The molecule has 0 fully saturated rings. The van der Waals surface area contributed by atoms with Crippen molar-refractivity contribution in [3.8, 4) is 5.75 Å². The second kappa shape index (κ2) is 4.04. The van der Waals surface area contributed by atoms with Crippen molar-refractivity contribution in [2.45, 2.75) is 5.92 Å². The molecule has 1 aromatic carbocycles. The van der Waals surface area contributed by atoms with Crippen molar-refractivity contribution < 1.29 is 13.9 Å². The third kappa shape index (κ3) is 1.69. The Morgan fingerprint density at radius 3 is 2.88 bits per heavy atom. The fraction of sp³-hybridized carbons (Fsp3) is 0.154. The van der Waals surface area contributed by atoms with Crippen LogP contribution in [0.4, 0.5) is 0 Å². The molecule has 17 heavy (non-hydrogen) atoms. The Morgan fingerprint density at radius 2 is 2.12 bits per heavy atom. The number of fused-ring (bicyclic) bond motifs is 1. The van der Waals surface area contributed by atoms with E-state index in [1.165, 1.54) is 6.26 Å². The zero-order chi connectivity index (χ0) is 11.8. The summed E-state index contributed by atoms with van der Waals surface area (Å²) in [5.41, 5.74) is 0.931. The molecule has 1 atom stereocenters. The first kappa shape index (κ1) is 10.6. The summed E-state index contributed by atoms with van der Waals surface area (Å²) in [7, 11) is 0. The first-order valence-corrected chi connectivity index (χ1v) is 6.05. The third-order valence-electron chi connectivity index (χ3n) is 2.86. The zero-order valence-electron chi connectivity index (χ0n) is 8.85. The van der Waals surface area contributed by atoms with Crippen molar-refractivity contribution in [3.63, 3.8) is 0 Å². The number of benzene rings is 1. The Kier molecular flexibility index (Phi) is 2.52. The number of ketones is 1. The molecular weight excluding hydrogens is 284 g/mol. The van der Waals surface area contributed by atoms with Crippen LogP contribution in [0.15, 0.2) is 45.5 Å². The average Bonchev–Trinajstić information content (AvgIpc) is 2.94. The molecule has 0 N–H and O–H groups in total. The monoisotopic (exact) mass is 292 g/mol. The van der Waals surface area contributed by atoms with Crippen LogP contribution in [0, 0.1) is 0 Å². The number of hydrogen-bond acceptors (Lipinski definition) is 3. The number of para-hydroxylation sites is 1. The molecule has 4 heteroatoms. The standard InChI is InChI=1S/C13H9BrO3/c14-10-5-6-16-13(10)12(15)9-7-17-11-4-2-1-3-8(9)11/h1-6,9H,7H2. The summed E-state index contributed by atoms with van der Waals surface area (Å²) < 4.78 is 11.4. The number of ether oxygens (including phenoxy) is 1. The van der Waals surface area contributed by atoms with E-state index in [0.717, 1.165) is 11.3 Å². The molecule has 0 aliphatic carbocycles. The largest absolute Gasteiger partial charge is 0.492 e. The van der Waals surface area contributed by atoms with Crippen molar-refractivity contribution in [1.29, 1.82) is 0 Å². The SMILES string of the molecule is O=C(c1occc1Br)C1COc2ccccc21. The van der Waals surface area contributed by atoms with Gasteiger partial charge in [0.25, 0.3) is 0 Å². The maximum atomic E-state index is 12.3. The van der Waals surface area contributed by atoms with Crippen LogP contribution < -0.4 is 4.74 Å². The minimum absolute atomic E-state index is 0.0492. The number of halogens is 1. The maximum Gasteiger partial charge on any atom is 0.210 e. The number of rotatable bonds is 2. The summed E-state index contributed by atoms with van der Waals surface area (Å²) in [5, 5.41) is 0. The molecule has 0 spiro atoms. The quantitative estimate of drug-likeness (QED) is 0.797. The zero-order valence-corrected chi connectivity index (χ0v) is 10.4. The van der Waals surface area contributed by atoms with E-state index in [1.54, 1.807) is 6.07 Å². The van der Waals surface area contributed by atoms with Gasteiger partial charge in [-0.1, -0.05) is 18.2 Å². The van der Waals surface area contributed by atoms with Gasteiger partial charge < -0.3 is 9.15 Å². The highest BCUT2D eigenvalue weighted by Crippen LogP contribution is 2.36. The molecule has 0 radical (unpaired) electrons. The van der Waals surface area contributed by atoms with Gasteiger partial charge in [0.1, 0.15) is 12.4 Å². The highest BCUT2D eigenvalue weighted by molar-refractivity contribution is 9.10. The molecule has 1 aliphatic heterocycles. The van der Waals surface area contributed by atoms with E-state index >= 15 is 0 Å². The second-order valence-electron chi connectivity index (χ2n) is 3.86. The second-order valence-corrected chi connectivity index (χ2v) is 4.72. The lowest BCUT2D eigenvalue weighted by atomic mass is 9.95. The van der Waals surface area contributed by atoms with Crippen molar-refractivity contribution >= 4 is 21.7 Å². The lowest BCUT2D eigenvalue weighted by Gasteiger charge is -2.05. The molecule has 3 nitrogen and oxygen atoms in total. The number of furan rings is 1. The summed E-state index contributed by atoms with van der Waals surface area (Å²) in [6.07, 6.45) is 1.50. The number of carbonyl (C=O) groups is 1. The molecule has 0 saturated heterocycles. The fourth-order valence-electron chi connectivity index (χ4n) is 2.01. The first-order chi connectivity index (χ1) is 8.27. The molecule has 86 valence electrons. The summed E-state index contributed by atoms with van der Waals surface area (Å²) >= 11 is 3.30. The van der Waals surface area contributed by atoms with Gasteiger partial charge in [-0.3, -0.25) is 4.79 Å². The maximum absolute atomic E-state index is 12.3. The van der Waals surface area contributed by atoms with Crippen LogP contribution in [-0.2, 0) is 0 Å². The van der Waals surface area contributed by atoms with Gasteiger partial charge in [-0.15, -0.1) is 0 Å². The molecule has 0 bridgehead atoms. The van der Waals surface area contributed by atoms with E-state index in [1.807, 2.05) is 24.3 Å². The van der Waals surface area contributed by atoms with E-state index in [0.29, 0.717) is 16.8 Å². The van der Waals surface area contributed by atoms with Gasteiger partial charge in [-0.2, -0.15) is 0 Å². The number of Topliss-reactive ketones (excluding diaryl/α,β-unsaturated/α-hetero) is 1. The van der Waals surface area contributed by atoms with Crippen LogP contribution >= 0.6 is 15.9 Å².